The number of hydrogen-bond acceptors (Lipinski definition) is 1. The van der Waals surface area contributed by atoms with Gasteiger partial charge >= 0.3 is 0 Å². The van der Waals surface area contributed by atoms with Gasteiger partial charge in [0.15, 0.2) is 0 Å². The lowest BCUT2D eigenvalue weighted by Gasteiger charge is -2.05. The van der Waals surface area contributed by atoms with E-state index in [2.05, 4.69) is 0 Å². The van der Waals surface area contributed by atoms with Crippen molar-refractivity contribution >= 4 is 22.6 Å². The Hall–Kier alpha value is -1.73. The van der Waals surface area contributed by atoms with E-state index in [1.807, 2.05) is 60.7 Å². The molecule has 0 N–H and O–H groups in total. The third kappa shape index (κ3) is 1.94. The van der Waals surface area contributed by atoms with Gasteiger partial charge in [-0.3, -0.25) is 0 Å². The molecule has 0 aliphatic carbocycles. The molecule has 1 unspecified atom stereocenters. The van der Waals surface area contributed by atoms with E-state index in [9.17, 15) is 0 Å². The summed E-state index contributed by atoms with van der Waals surface area (Å²) in [5.74, 6) is 0.791. The van der Waals surface area contributed by atoms with Crippen LogP contribution in [-0.2, 0) is 0 Å². The van der Waals surface area contributed by atoms with Crippen molar-refractivity contribution in [3.63, 3.8) is 0 Å². The number of alkyl halides is 1. The van der Waals surface area contributed by atoms with Crippen molar-refractivity contribution in [1.29, 1.82) is 0 Å². The second-order valence-electron chi connectivity index (χ2n) is 3.96. The smallest absolute Gasteiger partial charge is 0.134 e. The van der Waals surface area contributed by atoms with Crippen LogP contribution in [0.4, 0.5) is 0 Å². The van der Waals surface area contributed by atoms with E-state index in [-0.39, 0.29) is 5.38 Å². The Kier molecular flexibility index (Phi) is 2.62. The van der Waals surface area contributed by atoms with E-state index in [0.29, 0.717) is 0 Å². The van der Waals surface area contributed by atoms with Crippen LogP contribution in [0.25, 0.3) is 11.0 Å². The van der Waals surface area contributed by atoms with E-state index in [1.54, 1.807) is 0 Å². The molecular weight excluding hydrogens is 232 g/mol. The van der Waals surface area contributed by atoms with Gasteiger partial charge in [-0.05, 0) is 17.7 Å². The maximum atomic E-state index is 6.41. The van der Waals surface area contributed by atoms with Crippen LogP contribution in [0.5, 0.6) is 0 Å². The Balaban J connectivity index is 2.04. The highest BCUT2D eigenvalue weighted by atomic mass is 35.5. The molecular formula is C15H11ClO. The number of halogens is 1. The molecule has 0 aliphatic heterocycles. The van der Waals surface area contributed by atoms with Gasteiger partial charge in [-0.1, -0.05) is 48.5 Å². The van der Waals surface area contributed by atoms with Crippen molar-refractivity contribution < 1.29 is 4.42 Å². The van der Waals surface area contributed by atoms with Gasteiger partial charge in [0, 0.05) is 5.39 Å². The standard InChI is InChI=1S/C15H11ClO/c16-15(11-6-2-1-3-7-11)14-10-12-8-4-5-9-13(12)17-14/h1-10,15H. The molecule has 0 aliphatic rings. The summed E-state index contributed by atoms with van der Waals surface area (Å²) in [6, 6.07) is 19.9. The highest BCUT2D eigenvalue weighted by Crippen LogP contribution is 2.32. The molecule has 0 saturated carbocycles. The van der Waals surface area contributed by atoms with E-state index in [4.69, 9.17) is 16.0 Å². The Morgan fingerprint density at radius 1 is 0.882 bits per heavy atom. The van der Waals surface area contributed by atoms with E-state index < -0.39 is 0 Å². The van der Waals surface area contributed by atoms with Crippen LogP contribution in [-0.4, -0.2) is 0 Å². The molecule has 0 bridgehead atoms. The van der Waals surface area contributed by atoms with Crippen LogP contribution in [0.2, 0.25) is 0 Å². The third-order valence-electron chi connectivity index (χ3n) is 2.79. The Morgan fingerprint density at radius 3 is 2.35 bits per heavy atom. The van der Waals surface area contributed by atoms with Gasteiger partial charge in [-0.2, -0.15) is 0 Å². The van der Waals surface area contributed by atoms with Gasteiger partial charge in [-0.25, -0.2) is 0 Å². The molecule has 3 rings (SSSR count). The van der Waals surface area contributed by atoms with Crippen molar-refractivity contribution in [2.45, 2.75) is 5.38 Å². The Bertz CT molecular complexity index is 594. The van der Waals surface area contributed by atoms with Gasteiger partial charge in [0.05, 0.1) is 0 Å². The number of para-hydroxylation sites is 1. The van der Waals surface area contributed by atoms with Crippen LogP contribution in [0.15, 0.2) is 65.1 Å². The average molecular weight is 243 g/mol. The normalized spacial score (nSPS) is 12.8. The third-order valence-corrected chi connectivity index (χ3v) is 3.25. The van der Waals surface area contributed by atoms with E-state index >= 15 is 0 Å². The second-order valence-corrected chi connectivity index (χ2v) is 4.40. The van der Waals surface area contributed by atoms with E-state index in [1.165, 1.54) is 0 Å². The van der Waals surface area contributed by atoms with E-state index in [0.717, 1.165) is 22.3 Å². The lowest BCUT2D eigenvalue weighted by Crippen LogP contribution is -1.89. The summed E-state index contributed by atoms with van der Waals surface area (Å²) in [4.78, 5) is 0. The number of rotatable bonds is 2. The summed E-state index contributed by atoms with van der Waals surface area (Å²) in [6.07, 6.45) is 0. The van der Waals surface area contributed by atoms with Crippen LogP contribution in [0.1, 0.15) is 16.7 Å². The Morgan fingerprint density at radius 2 is 1.59 bits per heavy atom. The monoisotopic (exact) mass is 242 g/mol. The summed E-state index contributed by atoms with van der Waals surface area (Å²) < 4.78 is 5.75. The number of fused-ring (bicyclic) bond motifs is 1. The first-order valence-corrected chi connectivity index (χ1v) is 5.96. The van der Waals surface area contributed by atoms with Crippen molar-refractivity contribution in [2.24, 2.45) is 0 Å². The van der Waals surface area contributed by atoms with Crippen molar-refractivity contribution in [3.05, 3.63) is 72.0 Å². The minimum absolute atomic E-state index is 0.233. The summed E-state index contributed by atoms with van der Waals surface area (Å²) in [7, 11) is 0. The number of benzene rings is 2. The van der Waals surface area contributed by atoms with Crippen molar-refractivity contribution in [3.8, 4) is 0 Å². The van der Waals surface area contributed by atoms with Gasteiger partial charge in [0.1, 0.15) is 16.7 Å². The molecule has 1 nitrogen and oxygen atoms in total. The van der Waals surface area contributed by atoms with Gasteiger partial charge < -0.3 is 4.42 Å². The molecule has 84 valence electrons. The lowest BCUT2D eigenvalue weighted by atomic mass is 10.1. The molecule has 0 fully saturated rings. The second kappa shape index (κ2) is 4.27. The van der Waals surface area contributed by atoms with Crippen LogP contribution in [0.3, 0.4) is 0 Å². The number of furan rings is 1. The minimum Gasteiger partial charge on any atom is -0.459 e. The first-order chi connectivity index (χ1) is 8.34. The molecule has 0 saturated heterocycles. The maximum Gasteiger partial charge on any atom is 0.134 e. The van der Waals surface area contributed by atoms with Crippen LogP contribution >= 0.6 is 11.6 Å². The lowest BCUT2D eigenvalue weighted by molar-refractivity contribution is 0.557. The summed E-state index contributed by atoms with van der Waals surface area (Å²) in [5, 5.41) is 0.854. The Labute approximate surface area is 105 Å². The van der Waals surface area contributed by atoms with Crippen molar-refractivity contribution in [2.75, 3.05) is 0 Å². The number of hydrogen-bond donors (Lipinski definition) is 0. The predicted molar refractivity (Wildman–Crippen MR) is 70.4 cm³/mol. The predicted octanol–water partition coefficient (Wildman–Crippen LogP) is 4.76. The maximum absolute atomic E-state index is 6.41. The highest BCUT2D eigenvalue weighted by Gasteiger charge is 2.15. The molecule has 1 aromatic heterocycles. The first kappa shape index (κ1) is 10.4. The first-order valence-electron chi connectivity index (χ1n) is 5.52. The summed E-state index contributed by atoms with van der Waals surface area (Å²) in [6.45, 7) is 0. The molecule has 1 atom stereocenters. The van der Waals surface area contributed by atoms with Crippen LogP contribution < -0.4 is 0 Å². The topological polar surface area (TPSA) is 13.1 Å². The molecule has 0 spiro atoms. The molecule has 2 aromatic carbocycles. The zero-order chi connectivity index (χ0) is 11.7. The molecule has 0 radical (unpaired) electrons. The molecule has 2 heteroatoms. The molecule has 3 aromatic rings. The minimum atomic E-state index is -0.233. The quantitative estimate of drug-likeness (QED) is 0.591. The molecule has 1 heterocycles. The van der Waals surface area contributed by atoms with Gasteiger partial charge in [0.2, 0.25) is 0 Å². The van der Waals surface area contributed by atoms with Crippen LogP contribution in [0, 0.1) is 0 Å². The SMILES string of the molecule is ClC(c1ccccc1)c1cc2ccccc2o1. The zero-order valence-electron chi connectivity index (χ0n) is 9.14. The van der Waals surface area contributed by atoms with Gasteiger partial charge in [0.25, 0.3) is 0 Å². The fourth-order valence-electron chi connectivity index (χ4n) is 1.91. The summed E-state index contributed by atoms with van der Waals surface area (Å²) >= 11 is 6.41. The molecule has 0 amide bonds. The average Bonchev–Trinajstić information content (AvgIpc) is 2.82. The highest BCUT2D eigenvalue weighted by molar-refractivity contribution is 6.22. The van der Waals surface area contributed by atoms with Crippen molar-refractivity contribution in [1.82, 2.24) is 0 Å². The fourth-order valence-corrected chi connectivity index (χ4v) is 2.17. The fraction of sp³-hybridized carbons (Fsp3) is 0.0667. The molecule has 17 heavy (non-hydrogen) atoms. The van der Waals surface area contributed by atoms with Gasteiger partial charge in [-0.15, -0.1) is 11.6 Å². The largest absolute Gasteiger partial charge is 0.459 e. The summed E-state index contributed by atoms with van der Waals surface area (Å²) in [5.41, 5.74) is 1.93. The zero-order valence-corrected chi connectivity index (χ0v) is 9.89.